The number of carbonyl (C=O) groups is 1. The molecule has 0 bridgehead atoms. The SMILES string of the molecule is Cc1onc2c(=O)n(Cc3nccs3)nc(C(=O)O)c12. The number of hydrogen-bond acceptors (Lipinski definition) is 7. The molecular formula is C11H8N4O4S. The van der Waals surface area contributed by atoms with Crippen LogP contribution in [0.3, 0.4) is 0 Å². The molecule has 20 heavy (non-hydrogen) atoms. The lowest BCUT2D eigenvalue weighted by Gasteiger charge is -2.04. The van der Waals surface area contributed by atoms with Crippen LogP contribution in [0.5, 0.6) is 0 Å². The molecule has 3 aromatic heterocycles. The monoisotopic (exact) mass is 292 g/mol. The van der Waals surface area contributed by atoms with Crippen molar-refractivity contribution in [2.45, 2.75) is 13.5 Å². The Bertz CT molecular complexity index is 849. The van der Waals surface area contributed by atoms with Gasteiger partial charge >= 0.3 is 5.97 Å². The molecule has 0 aromatic carbocycles. The third-order valence-corrected chi connectivity index (χ3v) is 3.49. The molecule has 3 heterocycles. The minimum atomic E-state index is -1.24. The van der Waals surface area contributed by atoms with Crippen molar-refractivity contribution in [3.05, 3.63) is 38.4 Å². The van der Waals surface area contributed by atoms with Gasteiger partial charge in [-0.25, -0.2) is 14.5 Å². The van der Waals surface area contributed by atoms with E-state index in [1.54, 1.807) is 11.6 Å². The van der Waals surface area contributed by atoms with Gasteiger partial charge in [0, 0.05) is 11.6 Å². The number of aromatic carboxylic acids is 1. The second-order valence-electron chi connectivity index (χ2n) is 4.00. The Morgan fingerprint density at radius 3 is 3.00 bits per heavy atom. The lowest BCUT2D eigenvalue weighted by molar-refractivity contribution is 0.0690. The van der Waals surface area contributed by atoms with Crippen LogP contribution in [0.4, 0.5) is 0 Å². The lowest BCUT2D eigenvalue weighted by atomic mass is 10.2. The topological polar surface area (TPSA) is 111 Å². The van der Waals surface area contributed by atoms with E-state index >= 15 is 0 Å². The molecule has 3 aromatic rings. The van der Waals surface area contributed by atoms with Crippen LogP contribution in [0.15, 0.2) is 20.9 Å². The van der Waals surface area contributed by atoms with Gasteiger partial charge in [0.1, 0.15) is 10.8 Å². The van der Waals surface area contributed by atoms with Crippen LogP contribution < -0.4 is 5.56 Å². The molecule has 0 aliphatic rings. The van der Waals surface area contributed by atoms with Crippen molar-refractivity contribution in [2.24, 2.45) is 0 Å². The van der Waals surface area contributed by atoms with Crippen molar-refractivity contribution < 1.29 is 14.4 Å². The summed E-state index contributed by atoms with van der Waals surface area (Å²) in [5, 5.41) is 19.3. The molecule has 0 saturated carbocycles. The molecule has 3 rings (SSSR count). The van der Waals surface area contributed by atoms with E-state index in [2.05, 4.69) is 15.2 Å². The Balaban J connectivity index is 2.26. The summed E-state index contributed by atoms with van der Waals surface area (Å²) in [4.78, 5) is 27.5. The Morgan fingerprint density at radius 2 is 2.35 bits per heavy atom. The molecule has 1 N–H and O–H groups in total. The maximum Gasteiger partial charge on any atom is 0.357 e. The first-order valence-electron chi connectivity index (χ1n) is 5.56. The average molecular weight is 292 g/mol. The number of hydrogen-bond donors (Lipinski definition) is 1. The van der Waals surface area contributed by atoms with Crippen LogP contribution in [0.1, 0.15) is 21.3 Å². The van der Waals surface area contributed by atoms with E-state index in [0.717, 1.165) is 4.68 Å². The molecule has 0 saturated heterocycles. The van der Waals surface area contributed by atoms with E-state index in [0.29, 0.717) is 5.01 Å². The summed E-state index contributed by atoms with van der Waals surface area (Å²) in [7, 11) is 0. The number of nitrogens with zero attached hydrogens (tertiary/aromatic N) is 4. The van der Waals surface area contributed by atoms with Crippen molar-refractivity contribution in [1.29, 1.82) is 0 Å². The zero-order chi connectivity index (χ0) is 14.3. The molecule has 0 amide bonds. The van der Waals surface area contributed by atoms with Gasteiger partial charge in [-0.15, -0.1) is 11.3 Å². The van der Waals surface area contributed by atoms with Crippen LogP contribution >= 0.6 is 11.3 Å². The summed E-state index contributed by atoms with van der Waals surface area (Å²) in [6, 6.07) is 0. The minimum Gasteiger partial charge on any atom is -0.476 e. The molecular weight excluding hydrogens is 284 g/mol. The van der Waals surface area contributed by atoms with Crippen molar-refractivity contribution in [3.63, 3.8) is 0 Å². The molecule has 0 fully saturated rings. The summed E-state index contributed by atoms with van der Waals surface area (Å²) in [6.07, 6.45) is 1.60. The third-order valence-electron chi connectivity index (χ3n) is 2.73. The minimum absolute atomic E-state index is 0.0357. The summed E-state index contributed by atoms with van der Waals surface area (Å²) in [5.41, 5.74) is -0.793. The van der Waals surface area contributed by atoms with E-state index < -0.39 is 11.5 Å². The smallest absolute Gasteiger partial charge is 0.357 e. The summed E-state index contributed by atoms with van der Waals surface area (Å²) in [5.74, 6) is -0.988. The van der Waals surface area contributed by atoms with Gasteiger partial charge in [-0.3, -0.25) is 4.79 Å². The fraction of sp³-hybridized carbons (Fsp3) is 0.182. The maximum atomic E-state index is 12.2. The Morgan fingerprint density at radius 1 is 1.55 bits per heavy atom. The number of fused-ring (bicyclic) bond motifs is 1. The van der Waals surface area contributed by atoms with Gasteiger partial charge in [-0.1, -0.05) is 5.16 Å². The molecule has 0 radical (unpaired) electrons. The number of aromatic nitrogens is 4. The number of carboxylic acid groups (broad SMARTS) is 1. The van der Waals surface area contributed by atoms with E-state index in [4.69, 9.17) is 4.52 Å². The third kappa shape index (κ3) is 1.88. The molecule has 0 unspecified atom stereocenters. The molecule has 0 atom stereocenters. The highest BCUT2D eigenvalue weighted by molar-refractivity contribution is 7.09. The van der Waals surface area contributed by atoms with Gasteiger partial charge in [0.05, 0.1) is 11.9 Å². The van der Waals surface area contributed by atoms with Crippen molar-refractivity contribution in [2.75, 3.05) is 0 Å². The van der Waals surface area contributed by atoms with E-state index in [1.165, 1.54) is 18.3 Å². The van der Waals surface area contributed by atoms with Crippen LogP contribution in [0, 0.1) is 6.92 Å². The lowest BCUT2D eigenvalue weighted by Crippen LogP contribution is -2.26. The predicted molar refractivity (Wildman–Crippen MR) is 69.0 cm³/mol. The Kier molecular flexibility index (Phi) is 2.83. The van der Waals surface area contributed by atoms with Gasteiger partial charge in [0.25, 0.3) is 5.56 Å². The fourth-order valence-corrected chi connectivity index (χ4v) is 2.45. The first-order valence-corrected chi connectivity index (χ1v) is 6.44. The Labute approximate surface area is 115 Å². The maximum absolute atomic E-state index is 12.2. The highest BCUT2D eigenvalue weighted by atomic mass is 32.1. The van der Waals surface area contributed by atoms with Crippen molar-refractivity contribution in [3.8, 4) is 0 Å². The highest BCUT2D eigenvalue weighted by Crippen LogP contribution is 2.18. The normalized spacial score (nSPS) is 11.1. The number of carboxylic acids is 1. The van der Waals surface area contributed by atoms with Gasteiger partial charge in [-0.2, -0.15) is 5.10 Å². The van der Waals surface area contributed by atoms with E-state index in [-0.39, 0.29) is 28.9 Å². The zero-order valence-corrected chi connectivity index (χ0v) is 11.0. The highest BCUT2D eigenvalue weighted by Gasteiger charge is 2.22. The average Bonchev–Trinajstić information content (AvgIpc) is 3.03. The van der Waals surface area contributed by atoms with Gasteiger partial charge in [0.2, 0.25) is 0 Å². The molecule has 9 heteroatoms. The zero-order valence-electron chi connectivity index (χ0n) is 10.2. The quantitative estimate of drug-likeness (QED) is 0.763. The number of rotatable bonds is 3. The van der Waals surface area contributed by atoms with E-state index in [1.807, 2.05) is 0 Å². The van der Waals surface area contributed by atoms with Crippen LogP contribution in [0.2, 0.25) is 0 Å². The summed E-state index contributed by atoms with van der Waals surface area (Å²) >= 11 is 1.35. The number of thiazole rings is 1. The van der Waals surface area contributed by atoms with Crippen molar-refractivity contribution in [1.82, 2.24) is 19.9 Å². The molecule has 0 aliphatic heterocycles. The summed E-state index contributed by atoms with van der Waals surface area (Å²) in [6.45, 7) is 1.63. The number of aryl methyl sites for hydroxylation is 1. The molecule has 102 valence electrons. The summed E-state index contributed by atoms with van der Waals surface area (Å²) < 4.78 is 5.93. The van der Waals surface area contributed by atoms with Crippen LogP contribution in [-0.4, -0.2) is 31.0 Å². The van der Waals surface area contributed by atoms with Gasteiger partial charge < -0.3 is 9.63 Å². The fourth-order valence-electron chi connectivity index (χ4n) is 1.85. The van der Waals surface area contributed by atoms with Crippen molar-refractivity contribution >= 4 is 28.2 Å². The first kappa shape index (κ1) is 12.5. The largest absolute Gasteiger partial charge is 0.476 e. The van der Waals surface area contributed by atoms with Crippen LogP contribution in [-0.2, 0) is 6.54 Å². The Hall–Kier alpha value is -2.55. The second-order valence-corrected chi connectivity index (χ2v) is 4.98. The predicted octanol–water partition coefficient (Wildman–Crippen LogP) is 0.896. The molecule has 0 aliphatic carbocycles. The molecule has 8 nitrogen and oxygen atoms in total. The second kappa shape index (κ2) is 4.53. The van der Waals surface area contributed by atoms with Crippen LogP contribution in [0.25, 0.3) is 10.9 Å². The van der Waals surface area contributed by atoms with Gasteiger partial charge in [0.15, 0.2) is 11.2 Å². The standard InChI is InChI=1S/C11H8N4O4S/c1-5-7-8(14-19-5)10(16)15(13-9(7)11(17)18)4-6-12-2-3-20-6/h2-3H,4H2,1H3,(H,17,18). The molecule has 0 spiro atoms. The first-order chi connectivity index (χ1) is 9.58. The van der Waals surface area contributed by atoms with E-state index in [9.17, 15) is 14.7 Å². The van der Waals surface area contributed by atoms with Gasteiger partial charge in [-0.05, 0) is 6.92 Å².